The number of carbonyl (C=O) groups is 1. The zero-order chi connectivity index (χ0) is 21.0. The number of para-hydroxylation sites is 2. The van der Waals surface area contributed by atoms with Crippen molar-refractivity contribution in [1.82, 2.24) is 14.9 Å². The Morgan fingerprint density at radius 1 is 1.24 bits per heavy atom. The molecule has 29 heavy (non-hydrogen) atoms. The standard InChI is InChI=1S/C24H29N3O2/c1-16(2)24(28)25-19(5)23-26-20-9-6-7-10-21(20)27(23)13-8-14-29-22-15-17(3)11-12-18(22)4/h6-7,9-12,15,19H,1,8,13-14H2,2-5H3,(H,25,28). The van der Waals surface area contributed by atoms with Crippen LogP contribution < -0.4 is 10.1 Å². The molecule has 0 saturated carbocycles. The number of amides is 1. The van der Waals surface area contributed by atoms with E-state index in [-0.39, 0.29) is 11.9 Å². The van der Waals surface area contributed by atoms with Crippen LogP contribution in [-0.2, 0) is 11.3 Å². The summed E-state index contributed by atoms with van der Waals surface area (Å²) in [5.74, 6) is 1.62. The minimum Gasteiger partial charge on any atom is -0.493 e. The third-order valence-corrected chi connectivity index (χ3v) is 4.93. The maximum atomic E-state index is 12.1. The molecular formula is C24H29N3O2. The Hall–Kier alpha value is -3.08. The SMILES string of the molecule is C=C(C)C(=O)NC(C)c1nc2ccccc2n1CCCOc1cc(C)ccc1C. The molecule has 2 aromatic carbocycles. The Labute approximate surface area is 172 Å². The van der Waals surface area contributed by atoms with Crippen molar-refractivity contribution in [2.75, 3.05) is 6.61 Å². The third-order valence-electron chi connectivity index (χ3n) is 4.93. The molecule has 0 aliphatic heterocycles. The summed E-state index contributed by atoms with van der Waals surface area (Å²) < 4.78 is 8.18. The molecule has 0 spiro atoms. The van der Waals surface area contributed by atoms with E-state index in [1.165, 1.54) is 5.56 Å². The largest absolute Gasteiger partial charge is 0.493 e. The van der Waals surface area contributed by atoms with Gasteiger partial charge < -0.3 is 14.6 Å². The summed E-state index contributed by atoms with van der Waals surface area (Å²) in [7, 11) is 0. The molecule has 0 aliphatic carbocycles. The van der Waals surface area contributed by atoms with Crippen molar-refractivity contribution in [2.24, 2.45) is 0 Å². The van der Waals surface area contributed by atoms with Crippen LogP contribution in [0, 0.1) is 13.8 Å². The number of rotatable bonds is 8. The molecule has 152 valence electrons. The van der Waals surface area contributed by atoms with Crippen LogP contribution in [0.5, 0.6) is 5.75 Å². The van der Waals surface area contributed by atoms with E-state index in [9.17, 15) is 4.79 Å². The molecule has 0 aliphatic rings. The normalized spacial score (nSPS) is 12.0. The Morgan fingerprint density at radius 3 is 2.76 bits per heavy atom. The number of hydrogen-bond acceptors (Lipinski definition) is 3. The van der Waals surface area contributed by atoms with Crippen molar-refractivity contribution in [3.05, 3.63) is 71.6 Å². The van der Waals surface area contributed by atoms with Crippen LogP contribution in [0.2, 0.25) is 0 Å². The molecular weight excluding hydrogens is 362 g/mol. The average molecular weight is 392 g/mol. The fourth-order valence-corrected chi connectivity index (χ4v) is 3.31. The zero-order valence-electron chi connectivity index (χ0n) is 17.7. The van der Waals surface area contributed by atoms with Crippen molar-refractivity contribution in [3.63, 3.8) is 0 Å². The Morgan fingerprint density at radius 2 is 2.00 bits per heavy atom. The number of fused-ring (bicyclic) bond motifs is 1. The molecule has 1 heterocycles. The van der Waals surface area contributed by atoms with Crippen molar-refractivity contribution >= 4 is 16.9 Å². The van der Waals surface area contributed by atoms with Crippen molar-refractivity contribution in [2.45, 2.75) is 46.7 Å². The summed E-state index contributed by atoms with van der Waals surface area (Å²) in [6.07, 6.45) is 0.835. The summed E-state index contributed by atoms with van der Waals surface area (Å²) in [4.78, 5) is 16.8. The van der Waals surface area contributed by atoms with Crippen LogP contribution in [0.25, 0.3) is 11.0 Å². The number of aromatic nitrogens is 2. The fraction of sp³-hybridized carbons (Fsp3) is 0.333. The highest BCUT2D eigenvalue weighted by atomic mass is 16.5. The van der Waals surface area contributed by atoms with Crippen molar-refractivity contribution in [1.29, 1.82) is 0 Å². The molecule has 5 heteroatoms. The quantitative estimate of drug-likeness (QED) is 0.440. The molecule has 3 aromatic rings. The minimum atomic E-state index is -0.216. The Kier molecular flexibility index (Phi) is 6.37. The lowest BCUT2D eigenvalue weighted by molar-refractivity contribution is -0.118. The molecule has 1 atom stereocenters. The van der Waals surface area contributed by atoms with E-state index in [0.717, 1.165) is 41.1 Å². The molecule has 1 N–H and O–H groups in total. The second-order valence-electron chi connectivity index (χ2n) is 7.56. The third kappa shape index (κ3) is 4.86. The second kappa shape index (κ2) is 8.95. The second-order valence-corrected chi connectivity index (χ2v) is 7.56. The molecule has 5 nitrogen and oxygen atoms in total. The van der Waals surface area contributed by atoms with Gasteiger partial charge in [-0.2, -0.15) is 0 Å². The number of hydrogen-bond donors (Lipinski definition) is 1. The van der Waals surface area contributed by atoms with Gasteiger partial charge in [0.15, 0.2) is 0 Å². The molecule has 0 radical (unpaired) electrons. The van der Waals surface area contributed by atoms with E-state index in [1.54, 1.807) is 6.92 Å². The van der Waals surface area contributed by atoms with Gasteiger partial charge in [-0.3, -0.25) is 4.79 Å². The van der Waals surface area contributed by atoms with Gasteiger partial charge in [-0.05, 0) is 63.4 Å². The highest BCUT2D eigenvalue weighted by Crippen LogP contribution is 2.22. The van der Waals surface area contributed by atoms with E-state index >= 15 is 0 Å². The van der Waals surface area contributed by atoms with E-state index in [1.807, 2.05) is 25.1 Å². The first-order valence-corrected chi connectivity index (χ1v) is 9.98. The van der Waals surface area contributed by atoms with Gasteiger partial charge in [0.05, 0.1) is 23.7 Å². The molecule has 1 amide bonds. The Bertz CT molecular complexity index is 1040. The number of benzene rings is 2. The highest BCUT2D eigenvalue weighted by Gasteiger charge is 2.18. The van der Waals surface area contributed by atoms with Gasteiger partial charge in [-0.15, -0.1) is 0 Å². The minimum absolute atomic E-state index is 0.158. The fourth-order valence-electron chi connectivity index (χ4n) is 3.31. The predicted octanol–water partition coefficient (Wildman–Crippen LogP) is 4.88. The van der Waals surface area contributed by atoms with Gasteiger partial charge in [-0.25, -0.2) is 4.98 Å². The number of ether oxygens (including phenoxy) is 1. The maximum Gasteiger partial charge on any atom is 0.246 e. The summed E-state index contributed by atoms with van der Waals surface area (Å²) in [6.45, 7) is 12.9. The number of imidazole rings is 1. The molecule has 0 fully saturated rings. The van der Waals surface area contributed by atoms with Gasteiger partial charge >= 0.3 is 0 Å². The van der Waals surface area contributed by atoms with E-state index < -0.39 is 0 Å². The van der Waals surface area contributed by atoms with Gasteiger partial charge in [0.2, 0.25) is 5.91 Å². The smallest absolute Gasteiger partial charge is 0.246 e. The summed E-state index contributed by atoms with van der Waals surface area (Å²) >= 11 is 0. The summed E-state index contributed by atoms with van der Waals surface area (Å²) in [5.41, 5.74) is 4.80. The van der Waals surface area contributed by atoms with Crippen molar-refractivity contribution in [3.8, 4) is 5.75 Å². The Balaban J connectivity index is 1.74. The zero-order valence-corrected chi connectivity index (χ0v) is 17.7. The van der Waals surface area contributed by atoms with Gasteiger partial charge in [-0.1, -0.05) is 30.8 Å². The van der Waals surface area contributed by atoms with Gasteiger partial charge in [0, 0.05) is 12.1 Å². The number of aryl methyl sites for hydroxylation is 3. The first-order chi connectivity index (χ1) is 13.9. The number of nitrogens with one attached hydrogen (secondary N) is 1. The average Bonchev–Trinajstić information content (AvgIpc) is 3.06. The van der Waals surface area contributed by atoms with Crippen LogP contribution in [0.3, 0.4) is 0 Å². The molecule has 1 unspecified atom stereocenters. The predicted molar refractivity (Wildman–Crippen MR) is 117 cm³/mol. The summed E-state index contributed by atoms with van der Waals surface area (Å²) in [6, 6.07) is 14.1. The van der Waals surface area contributed by atoms with Crippen LogP contribution in [0.15, 0.2) is 54.6 Å². The number of carbonyl (C=O) groups excluding carboxylic acids is 1. The number of nitrogens with zero attached hydrogens (tertiary/aromatic N) is 2. The molecule has 1 aromatic heterocycles. The van der Waals surface area contributed by atoms with E-state index in [4.69, 9.17) is 9.72 Å². The highest BCUT2D eigenvalue weighted by molar-refractivity contribution is 5.92. The first-order valence-electron chi connectivity index (χ1n) is 9.98. The summed E-state index contributed by atoms with van der Waals surface area (Å²) in [5, 5.41) is 2.97. The monoisotopic (exact) mass is 391 g/mol. The topological polar surface area (TPSA) is 56.2 Å². The van der Waals surface area contributed by atoms with Crippen molar-refractivity contribution < 1.29 is 9.53 Å². The lowest BCUT2D eigenvalue weighted by atomic mass is 10.1. The molecule has 0 bridgehead atoms. The molecule has 0 saturated heterocycles. The molecule has 3 rings (SSSR count). The van der Waals surface area contributed by atoms with E-state index in [2.05, 4.69) is 54.6 Å². The first kappa shape index (κ1) is 20.6. The van der Waals surface area contributed by atoms with Gasteiger partial charge in [0.1, 0.15) is 11.6 Å². The van der Waals surface area contributed by atoms with E-state index in [0.29, 0.717) is 12.2 Å². The van der Waals surface area contributed by atoms with Gasteiger partial charge in [0.25, 0.3) is 0 Å². The van der Waals surface area contributed by atoms with Crippen LogP contribution in [0.4, 0.5) is 0 Å². The lowest BCUT2D eigenvalue weighted by Gasteiger charge is -2.17. The van der Waals surface area contributed by atoms with Crippen LogP contribution in [0.1, 0.15) is 43.3 Å². The van der Waals surface area contributed by atoms with Crippen LogP contribution >= 0.6 is 0 Å². The van der Waals surface area contributed by atoms with Crippen LogP contribution in [-0.4, -0.2) is 22.1 Å². The lowest BCUT2D eigenvalue weighted by Crippen LogP contribution is -2.29. The maximum absolute atomic E-state index is 12.1.